The van der Waals surface area contributed by atoms with Crippen LogP contribution in [0.2, 0.25) is 0 Å². The van der Waals surface area contributed by atoms with Crippen LogP contribution < -0.4 is 10.1 Å². The molecule has 4 heteroatoms. The number of carbonyl (C=O) groups is 1. The van der Waals surface area contributed by atoms with Crippen LogP contribution in [-0.2, 0) is 9.53 Å². The van der Waals surface area contributed by atoms with E-state index in [4.69, 9.17) is 9.47 Å². The lowest BCUT2D eigenvalue weighted by Crippen LogP contribution is -2.44. The molecule has 0 bridgehead atoms. The van der Waals surface area contributed by atoms with Gasteiger partial charge in [0.05, 0.1) is 6.10 Å². The number of hydrogen-bond donors (Lipinski definition) is 1. The summed E-state index contributed by atoms with van der Waals surface area (Å²) >= 11 is 0. The average Bonchev–Trinajstić information content (AvgIpc) is 3.35. The Hall–Kier alpha value is -1.55. The molecule has 1 aromatic carbocycles. The fourth-order valence-electron chi connectivity index (χ4n) is 2.72. The minimum absolute atomic E-state index is 0.0585. The van der Waals surface area contributed by atoms with Gasteiger partial charge in [-0.2, -0.15) is 0 Å². The molecule has 2 atom stereocenters. The van der Waals surface area contributed by atoms with Crippen molar-refractivity contribution >= 4 is 11.6 Å². The number of anilines is 1. The predicted molar refractivity (Wildman–Crippen MR) is 92.9 cm³/mol. The summed E-state index contributed by atoms with van der Waals surface area (Å²) in [7, 11) is 0. The Bertz CT molecular complexity index is 554. The minimum atomic E-state index is -0.728. The van der Waals surface area contributed by atoms with E-state index in [1.54, 1.807) is 0 Å². The Labute approximate surface area is 139 Å². The highest BCUT2D eigenvalue weighted by atomic mass is 16.5. The predicted octanol–water partition coefficient (Wildman–Crippen LogP) is 4.32. The SMILES string of the molecule is CCO[C@](C)(C(=O)Nc1ccc(O[C@H](C)CC)c(C)c1)C1CC1. The van der Waals surface area contributed by atoms with Gasteiger partial charge in [-0.25, -0.2) is 0 Å². The number of nitrogens with one attached hydrogen (secondary N) is 1. The number of rotatable bonds is 8. The Balaban J connectivity index is 2.07. The number of ether oxygens (including phenoxy) is 2. The second-order valence-corrected chi connectivity index (χ2v) is 6.59. The Kier molecular flexibility index (Phi) is 5.69. The number of hydrogen-bond acceptors (Lipinski definition) is 3. The van der Waals surface area contributed by atoms with E-state index in [0.29, 0.717) is 12.5 Å². The van der Waals surface area contributed by atoms with Gasteiger partial charge in [-0.3, -0.25) is 4.79 Å². The van der Waals surface area contributed by atoms with E-state index in [1.165, 1.54) is 0 Å². The lowest BCUT2D eigenvalue weighted by molar-refractivity contribution is -0.141. The molecule has 0 radical (unpaired) electrons. The van der Waals surface area contributed by atoms with Crippen molar-refractivity contribution in [3.8, 4) is 5.75 Å². The van der Waals surface area contributed by atoms with E-state index in [-0.39, 0.29) is 12.0 Å². The summed E-state index contributed by atoms with van der Waals surface area (Å²) in [6.45, 7) is 10.5. The maximum Gasteiger partial charge on any atom is 0.256 e. The topological polar surface area (TPSA) is 47.6 Å². The zero-order valence-electron chi connectivity index (χ0n) is 14.9. The van der Waals surface area contributed by atoms with Crippen molar-refractivity contribution in [2.45, 2.75) is 65.6 Å². The zero-order chi connectivity index (χ0) is 17.0. The normalized spacial score (nSPS) is 18.1. The molecule has 1 amide bonds. The highest BCUT2D eigenvalue weighted by Crippen LogP contribution is 2.42. The first-order valence-corrected chi connectivity index (χ1v) is 8.63. The molecule has 4 nitrogen and oxygen atoms in total. The molecule has 0 unspecified atom stereocenters. The number of amides is 1. The van der Waals surface area contributed by atoms with Crippen LogP contribution in [0.15, 0.2) is 18.2 Å². The van der Waals surface area contributed by atoms with E-state index in [0.717, 1.165) is 36.3 Å². The van der Waals surface area contributed by atoms with Crippen LogP contribution in [-0.4, -0.2) is 24.2 Å². The molecule has 1 saturated carbocycles. The maximum atomic E-state index is 12.7. The van der Waals surface area contributed by atoms with Gasteiger partial charge in [0.2, 0.25) is 0 Å². The van der Waals surface area contributed by atoms with E-state index in [2.05, 4.69) is 19.2 Å². The minimum Gasteiger partial charge on any atom is -0.490 e. The van der Waals surface area contributed by atoms with E-state index in [1.807, 2.05) is 39.0 Å². The van der Waals surface area contributed by atoms with Gasteiger partial charge in [0.25, 0.3) is 5.91 Å². The first-order valence-electron chi connectivity index (χ1n) is 8.63. The second kappa shape index (κ2) is 7.35. The first-order chi connectivity index (χ1) is 10.9. The van der Waals surface area contributed by atoms with Crippen molar-refractivity contribution in [3.63, 3.8) is 0 Å². The molecule has 1 aliphatic carbocycles. The fraction of sp³-hybridized carbons (Fsp3) is 0.632. The lowest BCUT2D eigenvalue weighted by atomic mass is 9.98. The molecule has 23 heavy (non-hydrogen) atoms. The van der Waals surface area contributed by atoms with Crippen molar-refractivity contribution in [2.75, 3.05) is 11.9 Å². The molecule has 0 aliphatic heterocycles. The van der Waals surface area contributed by atoms with Crippen LogP contribution >= 0.6 is 0 Å². The van der Waals surface area contributed by atoms with Gasteiger partial charge in [-0.05, 0) is 76.6 Å². The highest BCUT2D eigenvalue weighted by molar-refractivity contribution is 5.97. The van der Waals surface area contributed by atoms with Crippen LogP contribution in [0.3, 0.4) is 0 Å². The first kappa shape index (κ1) is 17.8. The molecule has 1 fully saturated rings. The van der Waals surface area contributed by atoms with Gasteiger partial charge in [-0.15, -0.1) is 0 Å². The Morgan fingerprint density at radius 2 is 2.09 bits per heavy atom. The van der Waals surface area contributed by atoms with Crippen molar-refractivity contribution in [1.82, 2.24) is 0 Å². The summed E-state index contributed by atoms with van der Waals surface area (Å²) in [5, 5.41) is 3.00. The molecule has 1 aliphatic rings. The molecule has 0 aromatic heterocycles. The van der Waals surface area contributed by atoms with Crippen LogP contribution in [0.5, 0.6) is 5.75 Å². The Morgan fingerprint density at radius 3 is 2.61 bits per heavy atom. The van der Waals surface area contributed by atoms with Gasteiger partial charge in [0.1, 0.15) is 11.4 Å². The molecule has 128 valence electrons. The van der Waals surface area contributed by atoms with Crippen LogP contribution in [0.25, 0.3) is 0 Å². The van der Waals surface area contributed by atoms with Crippen molar-refractivity contribution < 1.29 is 14.3 Å². The van der Waals surface area contributed by atoms with Crippen molar-refractivity contribution in [1.29, 1.82) is 0 Å². The highest BCUT2D eigenvalue weighted by Gasteiger charge is 2.48. The molecular formula is C19H29NO3. The average molecular weight is 319 g/mol. The lowest BCUT2D eigenvalue weighted by Gasteiger charge is -2.28. The maximum absolute atomic E-state index is 12.7. The van der Waals surface area contributed by atoms with Crippen LogP contribution in [0, 0.1) is 12.8 Å². The molecule has 0 spiro atoms. The van der Waals surface area contributed by atoms with Gasteiger partial charge in [-0.1, -0.05) is 6.92 Å². The van der Waals surface area contributed by atoms with Gasteiger partial charge in [0, 0.05) is 12.3 Å². The summed E-state index contributed by atoms with van der Waals surface area (Å²) in [5.74, 6) is 1.14. The van der Waals surface area contributed by atoms with Gasteiger partial charge < -0.3 is 14.8 Å². The molecule has 0 heterocycles. The second-order valence-electron chi connectivity index (χ2n) is 6.59. The Morgan fingerprint density at radius 1 is 1.39 bits per heavy atom. The smallest absolute Gasteiger partial charge is 0.256 e. The molecular weight excluding hydrogens is 290 g/mol. The summed E-state index contributed by atoms with van der Waals surface area (Å²) in [5.41, 5.74) is 1.08. The quantitative estimate of drug-likeness (QED) is 0.776. The summed E-state index contributed by atoms with van der Waals surface area (Å²) < 4.78 is 11.6. The van der Waals surface area contributed by atoms with E-state index >= 15 is 0 Å². The number of benzene rings is 1. The van der Waals surface area contributed by atoms with Crippen molar-refractivity contribution in [2.24, 2.45) is 5.92 Å². The van der Waals surface area contributed by atoms with Gasteiger partial charge >= 0.3 is 0 Å². The summed E-state index contributed by atoms with van der Waals surface area (Å²) in [6.07, 6.45) is 3.27. The summed E-state index contributed by atoms with van der Waals surface area (Å²) in [6, 6.07) is 5.77. The summed E-state index contributed by atoms with van der Waals surface area (Å²) in [4.78, 5) is 12.7. The third-order valence-corrected chi connectivity index (χ3v) is 4.59. The molecule has 0 saturated heterocycles. The van der Waals surface area contributed by atoms with Crippen LogP contribution in [0.1, 0.15) is 52.5 Å². The fourth-order valence-corrected chi connectivity index (χ4v) is 2.72. The third-order valence-electron chi connectivity index (χ3n) is 4.59. The molecule has 1 aromatic rings. The largest absolute Gasteiger partial charge is 0.490 e. The zero-order valence-corrected chi connectivity index (χ0v) is 14.9. The van der Waals surface area contributed by atoms with Gasteiger partial charge in [0.15, 0.2) is 0 Å². The molecule has 2 rings (SSSR count). The van der Waals surface area contributed by atoms with Crippen LogP contribution in [0.4, 0.5) is 5.69 Å². The van der Waals surface area contributed by atoms with Crippen molar-refractivity contribution in [3.05, 3.63) is 23.8 Å². The van der Waals surface area contributed by atoms with E-state index < -0.39 is 5.60 Å². The third kappa shape index (κ3) is 4.25. The number of carbonyl (C=O) groups excluding carboxylic acids is 1. The molecule has 1 N–H and O–H groups in total. The monoisotopic (exact) mass is 319 g/mol. The van der Waals surface area contributed by atoms with E-state index in [9.17, 15) is 4.79 Å². The number of aryl methyl sites for hydroxylation is 1. The standard InChI is InChI=1S/C19H29NO3/c1-6-14(4)23-17-11-10-16(12-13(17)3)20-18(21)19(5,22-7-2)15-8-9-15/h10-12,14-15H,6-9H2,1-5H3,(H,20,21)/t14-,19+/m1/s1.